The van der Waals surface area contributed by atoms with Gasteiger partial charge in [0.2, 0.25) is 0 Å². The van der Waals surface area contributed by atoms with E-state index in [0.717, 1.165) is 27.6 Å². The molecule has 2 N–H and O–H groups in total. The molecule has 0 aliphatic rings. The van der Waals surface area contributed by atoms with Crippen LogP contribution in [0.2, 0.25) is 0 Å². The highest BCUT2D eigenvalue weighted by atomic mass is 15.3. The summed E-state index contributed by atoms with van der Waals surface area (Å²) in [6.07, 6.45) is 2.12. The van der Waals surface area contributed by atoms with Crippen molar-refractivity contribution in [1.82, 2.24) is 9.24 Å². The van der Waals surface area contributed by atoms with E-state index in [2.05, 4.69) is 95.7 Å². The van der Waals surface area contributed by atoms with Crippen LogP contribution in [0.3, 0.4) is 0 Å². The fourth-order valence-corrected chi connectivity index (χ4v) is 4.38. The second-order valence-electron chi connectivity index (χ2n) is 7.38. The number of hydrogen-bond acceptors (Lipinski definition) is 1. The average molecular weight is 373 g/mol. The zero-order valence-corrected chi connectivity index (χ0v) is 15.8. The van der Waals surface area contributed by atoms with Gasteiger partial charge in [-0.05, 0) is 47.5 Å². The molecule has 0 atom stereocenters. The van der Waals surface area contributed by atoms with Crippen LogP contribution in [0.4, 0.5) is 0 Å². The summed E-state index contributed by atoms with van der Waals surface area (Å²) in [5.74, 6) is 6.58. The van der Waals surface area contributed by atoms with Gasteiger partial charge in [-0.1, -0.05) is 60.7 Å². The summed E-state index contributed by atoms with van der Waals surface area (Å²) < 4.78 is 4.04. The molecule has 6 rings (SSSR count). The maximum absolute atomic E-state index is 6.58. The van der Waals surface area contributed by atoms with Crippen LogP contribution < -0.4 is 5.84 Å². The molecule has 0 amide bonds. The Morgan fingerprint density at radius 1 is 0.552 bits per heavy atom. The van der Waals surface area contributed by atoms with Gasteiger partial charge in [0.25, 0.3) is 0 Å². The summed E-state index contributed by atoms with van der Waals surface area (Å²) in [4.78, 5) is 0. The first-order valence-electron chi connectivity index (χ1n) is 9.75. The Morgan fingerprint density at radius 3 is 2.07 bits per heavy atom. The minimum atomic E-state index is 1.04. The molecule has 0 spiro atoms. The predicted octanol–water partition coefficient (Wildman–Crippen LogP) is 6.12. The van der Waals surface area contributed by atoms with E-state index in [1.807, 2.05) is 16.8 Å². The second-order valence-corrected chi connectivity index (χ2v) is 7.38. The lowest BCUT2D eigenvalue weighted by Crippen LogP contribution is -2.06. The summed E-state index contributed by atoms with van der Waals surface area (Å²) in [7, 11) is 0. The van der Waals surface area contributed by atoms with Crippen molar-refractivity contribution < 1.29 is 0 Å². The van der Waals surface area contributed by atoms with E-state index in [9.17, 15) is 0 Å². The third-order valence-electron chi connectivity index (χ3n) is 5.77. The Hall–Kier alpha value is -3.98. The molecule has 0 aliphatic carbocycles. The van der Waals surface area contributed by atoms with E-state index in [4.69, 9.17) is 5.84 Å². The quantitative estimate of drug-likeness (QED) is 0.365. The minimum absolute atomic E-state index is 1.04. The van der Waals surface area contributed by atoms with E-state index in [1.165, 1.54) is 21.9 Å². The van der Waals surface area contributed by atoms with Gasteiger partial charge in [-0.2, -0.15) is 0 Å². The summed E-state index contributed by atoms with van der Waals surface area (Å²) >= 11 is 0. The van der Waals surface area contributed by atoms with Crippen molar-refractivity contribution in [2.45, 2.75) is 0 Å². The number of fused-ring (bicyclic) bond motifs is 5. The van der Waals surface area contributed by atoms with Gasteiger partial charge >= 0.3 is 0 Å². The fraction of sp³-hybridized carbons (Fsp3) is 0. The Kier molecular flexibility index (Phi) is 3.32. The van der Waals surface area contributed by atoms with Crippen molar-refractivity contribution in [1.29, 1.82) is 0 Å². The first-order valence-corrected chi connectivity index (χ1v) is 9.75. The summed E-state index contributed by atoms with van der Waals surface area (Å²) in [6, 6.07) is 33.9. The maximum atomic E-state index is 6.58. The first kappa shape index (κ1) is 16.0. The van der Waals surface area contributed by atoms with Crippen LogP contribution in [0.15, 0.2) is 103 Å². The molecular weight excluding hydrogens is 354 g/mol. The number of hydrogen-bond donors (Lipinski definition) is 1. The van der Waals surface area contributed by atoms with E-state index < -0.39 is 0 Å². The molecular formula is C26H19N3. The molecule has 4 aromatic carbocycles. The number of nitrogens with two attached hydrogens (primary N) is 1. The van der Waals surface area contributed by atoms with Gasteiger partial charge in [-0.25, -0.2) is 0 Å². The van der Waals surface area contributed by atoms with E-state index in [1.54, 1.807) is 0 Å². The molecule has 6 aromatic rings. The van der Waals surface area contributed by atoms with E-state index >= 15 is 0 Å². The van der Waals surface area contributed by atoms with Crippen molar-refractivity contribution in [3.05, 3.63) is 103 Å². The van der Waals surface area contributed by atoms with Crippen molar-refractivity contribution in [3.8, 4) is 16.8 Å². The largest absolute Gasteiger partial charge is 0.339 e. The van der Waals surface area contributed by atoms with Crippen LogP contribution in [-0.4, -0.2) is 9.24 Å². The Bertz CT molecular complexity index is 1490. The van der Waals surface area contributed by atoms with Crippen molar-refractivity contribution in [3.63, 3.8) is 0 Å². The molecule has 2 aromatic heterocycles. The molecule has 0 radical (unpaired) electrons. The van der Waals surface area contributed by atoms with Gasteiger partial charge in [0.15, 0.2) is 0 Å². The fourth-order valence-electron chi connectivity index (χ4n) is 4.38. The average Bonchev–Trinajstić information content (AvgIpc) is 3.34. The number of para-hydroxylation sites is 1. The lowest BCUT2D eigenvalue weighted by Gasteiger charge is -2.06. The van der Waals surface area contributed by atoms with Gasteiger partial charge in [0.05, 0.1) is 16.6 Å². The molecule has 0 bridgehead atoms. The molecule has 0 saturated heterocycles. The van der Waals surface area contributed by atoms with Gasteiger partial charge in [0.1, 0.15) is 0 Å². The predicted molar refractivity (Wildman–Crippen MR) is 122 cm³/mol. The molecule has 3 nitrogen and oxygen atoms in total. The number of benzene rings is 4. The normalized spacial score (nSPS) is 11.6. The molecule has 0 saturated carbocycles. The Morgan fingerprint density at radius 2 is 1.28 bits per heavy atom. The lowest BCUT2D eigenvalue weighted by atomic mass is 10.0. The number of rotatable bonds is 2. The van der Waals surface area contributed by atoms with Crippen molar-refractivity contribution in [2.24, 2.45) is 0 Å². The molecule has 0 aliphatic heterocycles. The zero-order chi connectivity index (χ0) is 19.4. The topological polar surface area (TPSA) is 35.9 Å². The number of nitrogens with zero attached hydrogens (tertiary/aromatic N) is 2. The number of aromatic nitrogens is 2. The first-order chi connectivity index (χ1) is 14.3. The lowest BCUT2D eigenvalue weighted by molar-refractivity contribution is 1.12. The van der Waals surface area contributed by atoms with Crippen LogP contribution in [-0.2, 0) is 0 Å². The van der Waals surface area contributed by atoms with Gasteiger partial charge < -0.3 is 10.4 Å². The molecule has 0 unspecified atom stereocenters. The SMILES string of the molecule is Nn1c2ccc(-c3ccccc3)cc2c2ccc3c(ccn3-c3ccccc3)c21. The molecule has 2 heterocycles. The Balaban J connectivity index is 1.64. The Labute approximate surface area is 168 Å². The van der Waals surface area contributed by atoms with Crippen LogP contribution in [0.1, 0.15) is 0 Å². The highest BCUT2D eigenvalue weighted by Gasteiger charge is 2.15. The molecule has 29 heavy (non-hydrogen) atoms. The van der Waals surface area contributed by atoms with Crippen molar-refractivity contribution in [2.75, 3.05) is 5.84 Å². The zero-order valence-electron chi connectivity index (χ0n) is 15.8. The van der Waals surface area contributed by atoms with Crippen LogP contribution in [0.5, 0.6) is 0 Å². The number of nitrogen functional groups attached to an aromatic ring is 1. The smallest absolute Gasteiger partial charge is 0.0797 e. The van der Waals surface area contributed by atoms with Crippen LogP contribution in [0, 0.1) is 0 Å². The standard InChI is InChI=1S/C26H19N3/c27-29-25-13-11-19(18-7-3-1-4-8-18)17-23(25)21-12-14-24-22(26(21)29)15-16-28(24)20-9-5-2-6-10-20/h1-17H,27H2. The summed E-state index contributed by atoms with van der Waals surface area (Å²) in [5, 5.41) is 3.52. The van der Waals surface area contributed by atoms with Crippen molar-refractivity contribution >= 4 is 32.7 Å². The van der Waals surface area contributed by atoms with Gasteiger partial charge in [0, 0.05) is 28.0 Å². The summed E-state index contributed by atoms with van der Waals surface area (Å²) in [6.45, 7) is 0. The summed E-state index contributed by atoms with van der Waals surface area (Å²) in [5.41, 5.74) is 6.82. The monoisotopic (exact) mass is 373 g/mol. The van der Waals surface area contributed by atoms with Crippen LogP contribution in [0.25, 0.3) is 49.5 Å². The second kappa shape index (κ2) is 6.01. The maximum Gasteiger partial charge on any atom is 0.0797 e. The van der Waals surface area contributed by atoms with Crippen LogP contribution >= 0.6 is 0 Å². The van der Waals surface area contributed by atoms with Gasteiger partial charge in [-0.15, -0.1) is 0 Å². The van der Waals surface area contributed by atoms with Gasteiger partial charge in [-0.3, -0.25) is 4.68 Å². The highest BCUT2D eigenvalue weighted by Crippen LogP contribution is 2.36. The molecule has 3 heteroatoms. The third-order valence-corrected chi connectivity index (χ3v) is 5.77. The minimum Gasteiger partial charge on any atom is -0.339 e. The molecule has 0 fully saturated rings. The van der Waals surface area contributed by atoms with E-state index in [-0.39, 0.29) is 0 Å². The van der Waals surface area contributed by atoms with E-state index in [0.29, 0.717) is 0 Å². The molecule has 138 valence electrons. The third kappa shape index (κ3) is 2.31. The highest BCUT2D eigenvalue weighted by molar-refractivity contribution is 6.18.